The van der Waals surface area contributed by atoms with Crippen LogP contribution in [0, 0.1) is 11.8 Å². The maximum atomic E-state index is 2.71. The molecule has 0 saturated carbocycles. The fourth-order valence-corrected chi connectivity index (χ4v) is 5.11. The Hall–Kier alpha value is -1.60. The highest BCUT2D eigenvalue weighted by molar-refractivity contribution is 5.19. The average molecular weight is 305 g/mol. The second-order valence-corrected chi connectivity index (χ2v) is 7.51. The van der Waals surface area contributed by atoms with Gasteiger partial charge in [0.1, 0.15) is 0 Å². The quantitative estimate of drug-likeness (QED) is 0.800. The van der Waals surface area contributed by atoms with Crippen molar-refractivity contribution in [3.05, 3.63) is 71.8 Å². The minimum Gasteiger partial charge on any atom is -0.300 e. The first-order valence-electron chi connectivity index (χ1n) is 9.11. The van der Waals surface area contributed by atoms with Crippen LogP contribution in [0.3, 0.4) is 0 Å². The molecule has 2 bridgehead atoms. The van der Waals surface area contributed by atoms with Crippen molar-refractivity contribution < 1.29 is 0 Å². The Morgan fingerprint density at radius 3 is 1.61 bits per heavy atom. The highest BCUT2D eigenvalue weighted by atomic mass is 15.2. The Morgan fingerprint density at radius 2 is 1.17 bits per heavy atom. The summed E-state index contributed by atoms with van der Waals surface area (Å²) in [5.74, 6) is 1.63. The molecule has 4 rings (SSSR count). The molecule has 23 heavy (non-hydrogen) atoms. The predicted molar refractivity (Wildman–Crippen MR) is 96.5 cm³/mol. The first-order valence-corrected chi connectivity index (χ1v) is 9.11. The maximum Gasteiger partial charge on any atom is 0.0127 e. The lowest BCUT2D eigenvalue weighted by Crippen LogP contribution is -2.48. The van der Waals surface area contributed by atoms with Crippen LogP contribution in [0.1, 0.15) is 30.4 Å². The molecule has 120 valence electrons. The number of benzene rings is 2. The van der Waals surface area contributed by atoms with E-state index in [9.17, 15) is 0 Å². The van der Waals surface area contributed by atoms with Crippen molar-refractivity contribution in [1.82, 2.24) is 4.90 Å². The number of rotatable bonds is 4. The molecule has 2 saturated heterocycles. The van der Waals surface area contributed by atoms with Gasteiger partial charge in [-0.05, 0) is 62.1 Å². The van der Waals surface area contributed by atoms with E-state index >= 15 is 0 Å². The van der Waals surface area contributed by atoms with Gasteiger partial charge in [-0.15, -0.1) is 0 Å². The van der Waals surface area contributed by atoms with E-state index in [0.29, 0.717) is 0 Å². The molecule has 2 aliphatic rings. The largest absolute Gasteiger partial charge is 0.300 e. The lowest BCUT2D eigenvalue weighted by molar-refractivity contribution is 0.0700. The SMILES string of the molecule is CN1C2CCC1[C@@H](Cc1ccccc1)C[C@H]2Cc1ccccc1. The topological polar surface area (TPSA) is 3.24 Å². The van der Waals surface area contributed by atoms with E-state index in [2.05, 4.69) is 72.6 Å². The molecular formula is C22H27N. The van der Waals surface area contributed by atoms with Gasteiger partial charge in [-0.3, -0.25) is 4.90 Å². The van der Waals surface area contributed by atoms with Crippen LogP contribution in [-0.2, 0) is 12.8 Å². The number of hydrogen-bond acceptors (Lipinski definition) is 1. The van der Waals surface area contributed by atoms with Gasteiger partial charge >= 0.3 is 0 Å². The van der Waals surface area contributed by atoms with E-state index in [1.165, 1.54) is 43.2 Å². The van der Waals surface area contributed by atoms with Crippen LogP contribution in [0.25, 0.3) is 0 Å². The molecule has 2 heterocycles. The number of nitrogens with zero attached hydrogens (tertiary/aromatic N) is 1. The molecule has 1 nitrogen and oxygen atoms in total. The van der Waals surface area contributed by atoms with E-state index in [4.69, 9.17) is 0 Å². The molecule has 0 amide bonds. The number of hydrogen-bond donors (Lipinski definition) is 0. The van der Waals surface area contributed by atoms with E-state index in [0.717, 1.165) is 23.9 Å². The molecule has 4 atom stereocenters. The zero-order chi connectivity index (χ0) is 15.6. The van der Waals surface area contributed by atoms with Crippen molar-refractivity contribution in [3.8, 4) is 0 Å². The Balaban J connectivity index is 1.52. The number of fused-ring (bicyclic) bond motifs is 2. The lowest BCUT2D eigenvalue weighted by atomic mass is 9.77. The van der Waals surface area contributed by atoms with E-state index in [1.807, 2.05) is 0 Å². The van der Waals surface area contributed by atoms with Crippen LogP contribution in [0.15, 0.2) is 60.7 Å². The maximum absolute atomic E-state index is 2.71. The summed E-state index contributed by atoms with van der Waals surface area (Å²) < 4.78 is 0. The fraction of sp³-hybridized carbons (Fsp3) is 0.455. The molecular weight excluding hydrogens is 278 g/mol. The molecule has 1 heteroatoms. The van der Waals surface area contributed by atoms with Gasteiger partial charge in [0, 0.05) is 12.1 Å². The van der Waals surface area contributed by atoms with Gasteiger partial charge in [0.05, 0.1) is 0 Å². The van der Waals surface area contributed by atoms with E-state index in [-0.39, 0.29) is 0 Å². The summed E-state index contributed by atoms with van der Waals surface area (Å²) in [5, 5.41) is 0. The summed E-state index contributed by atoms with van der Waals surface area (Å²) in [7, 11) is 2.37. The van der Waals surface area contributed by atoms with Gasteiger partial charge < -0.3 is 0 Å². The van der Waals surface area contributed by atoms with E-state index in [1.54, 1.807) is 0 Å². The third-order valence-electron chi connectivity index (χ3n) is 6.18. The third kappa shape index (κ3) is 3.07. The van der Waals surface area contributed by atoms with Gasteiger partial charge in [-0.25, -0.2) is 0 Å². The van der Waals surface area contributed by atoms with Crippen molar-refractivity contribution in [3.63, 3.8) is 0 Å². The van der Waals surface area contributed by atoms with Crippen molar-refractivity contribution in [2.45, 2.75) is 44.2 Å². The Kier molecular flexibility index (Phi) is 4.22. The van der Waals surface area contributed by atoms with Gasteiger partial charge in [0.2, 0.25) is 0 Å². The first-order chi connectivity index (χ1) is 11.3. The summed E-state index contributed by atoms with van der Waals surface area (Å²) in [4.78, 5) is 2.71. The molecule has 2 fully saturated rings. The van der Waals surface area contributed by atoms with Crippen LogP contribution in [-0.4, -0.2) is 24.0 Å². The van der Waals surface area contributed by atoms with Gasteiger partial charge in [-0.2, -0.15) is 0 Å². The molecule has 2 aromatic carbocycles. The third-order valence-corrected chi connectivity index (χ3v) is 6.18. The van der Waals surface area contributed by atoms with Crippen molar-refractivity contribution in [2.24, 2.45) is 11.8 Å². The minimum atomic E-state index is 0.798. The fourth-order valence-electron chi connectivity index (χ4n) is 5.11. The van der Waals surface area contributed by atoms with Crippen molar-refractivity contribution >= 4 is 0 Å². The summed E-state index contributed by atoms with van der Waals surface area (Å²) in [6.07, 6.45) is 6.67. The first kappa shape index (κ1) is 15.0. The second kappa shape index (κ2) is 6.49. The highest BCUT2D eigenvalue weighted by Crippen LogP contribution is 2.43. The van der Waals surface area contributed by atoms with Crippen LogP contribution < -0.4 is 0 Å². The molecule has 0 N–H and O–H groups in total. The number of piperidine rings is 1. The second-order valence-electron chi connectivity index (χ2n) is 7.51. The van der Waals surface area contributed by atoms with Crippen molar-refractivity contribution in [1.29, 1.82) is 0 Å². The van der Waals surface area contributed by atoms with E-state index < -0.39 is 0 Å². The smallest absolute Gasteiger partial charge is 0.0127 e. The van der Waals surface area contributed by atoms with Crippen molar-refractivity contribution in [2.75, 3.05) is 7.05 Å². The molecule has 0 radical (unpaired) electrons. The summed E-state index contributed by atoms with van der Waals surface area (Å²) in [5.41, 5.74) is 3.02. The highest BCUT2D eigenvalue weighted by Gasteiger charge is 2.45. The molecule has 0 aromatic heterocycles. The summed E-state index contributed by atoms with van der Waals surface area (Å²) >= 11 is 0. The minimum absolute atomic E-state index is 0.798. The van der Waals surface area contributed by atoms with Crippen LogP contribution in [0.4, 0.5) is 0 Å². The zero-order valence-electron chi connectivity index (χ0n) is 14.1. The molecule has 0 aliphatic carbocycles. The van der Waals surface area contributed by atoms with Crippen LogP contribution >= 0.6 is 0 Å². The zero-order valence-corrected chi connectivity index (χ0v) is 14.1. The van der Waals surface area contributed by atoms with Gasteiger partial charge in [-0.1, -0.05) is 60.7 Å². The monoisotopic (exact) mass is 305 g/mol. The molecule has 2 aliphatic heterocycles. The van der Waals surface area contributed by atoms with Gasteiger partial charge in [0.15, 0.2) is 0 Å². The Bertz CT molecular complexity index is 565. The Morgan fingerprint density at radius 1 is 0.739 bits per heavy atom. The molecule has 2 unspecified atom stereocenters. The standard InChI is InChI=1S/C22H27N/c1-23-21-12-13-22(23)20(15-18-10-6-3-7-11-18)16-19(21)14-17-8-4-2-5-9-17/h2-11,19-22H,12-16H2,1H3/t19-,20+,21?,22?. The van der Waals surface area contributed by atoms with Gasteiger partial charge in [0.25, 0.3) is 0 Å². The molecule has 2 aromatic rings. The Labute approximate surface area is 140 Å². The molecule has 0 spiro atoms. The van der Waals surface area contributed by atoms with Crippen LogP contribution in [0.2, 0.25) is 0 Å². The lowest BCUT2D eigenvalue weighted by Gasteiger charge is -2.43. The summed E-state index contributed by atoms with van der Waals surface area (Å²) in [6, 6.07) is 23.8. The average Bonchev–Trinajstić information content (AvgIpc) is 2.87. The normalized spacial score (nSPS) is 30.5. The predicted octanol–water partition coefficient (Wildman–Crippen LogP) is 4.57. The van der Waals surface area contributed by atoms with Crippen LogP contribution in [0.5, 0.6) is 0 Å². The summed E-state index contributed by atoms with van der Waals surface area (Å²) in [6.45, 7) is 0.